The summed E-state index contributed by atoms with van der Waals surface area (Å²) in [6, 6.07) is 1.97. The van der Waals surface area contributed by atoms with Crippen molar-refractivity contribution in [3.8, 4) is 0 Å². The molecule has 0 unspecified atom stereocenters. The molecule has 0 spiro atoms. The molecule has 0 aliphatic carbocycles. The van der Waals surface area contributed by atoms with Crippen LogP contribution in [0.5, 0.6) is 0 Å². The fourth-order valence-corrected chi connectivity index (χ4v) is 1.82. The third kappa shape index (κ3) is 3.17. The molecule has 0 aliphatic rings. The summed E-state index contributed by atoms with van der Waals surface area (Å²) in [6.45, 7) is 12.6. The zero-order valence-electron chi connectivity index (χ0n) is 10.7. The van der Waals surface area contributed by atoms with E-state index in [-0.39, 0.29) is 5.41 Å². The van der Waals surface area contributed by atoms with Gasteiger partial charge in [-0.1, -0.05) is 20.8 Å². The van der Waals surface area contributed by atoms with Gasteiger partial charge in [0.2, 0.25) is 0 Å². The van der Waals surface area contributed by atoms with Crippen LogP contribution in [0.3, 0.4) is 0 Å². The largest absolute Gasteiger partial charge is 0.357 e. The summed E-state index contributed by atoms with van der Waals surface area (Å²) < 4.78 is 0.856. The first-order valence-corrected chi connectivity index (χ1v) is 6.47. The molecular weight excluding hydrogens is 266 g/mol. The van der Waals surface area contributed by atoms with E-state index in [1.165, 1.54) is 0 Å². The maximum atomic E-state index is 4.63. The Bertz CT molecular complexity index is 354. The molecule has 0 saturated heterocycles. The first-order chi connectivity index (χ1) is 7.38. The molecule has 0 aromatic carbocycles. The molecule has 0 fully saturated rings. The summed E-state index contributed by atoms with van der Waals surface area (Å²) in [7, 11) is 0. The van der Waals surface area contributed by atoms with Gasteiger partial charge in [0.25, 0.3) is 0 Å². The molecule has 4 heteroatoms. The Kier molecular flexibility index (Phi) is 4.30. The van der Waals surface area contributed by atoms with Crippen molar-refractivity contribution in [1.82, 2.24) is 9.97 Å². The Morgan fingerprint density at radius 1 is 1.19 bits per heavy atom. The van der Waals surface area contributed by atoms with E-state index in [2.05, 4.69) is 65.4 Å². The lowest BCUT2D eigenvalue weighted by Gasteiger charge is -2.23. The van der Waals surface area contributed by atoms with Gasteiger partial charge < -0.3 is 4.90 Å². The predicted octanol–water partition coefficient (Wildman–Crippen LogP) is 3.38. The highest BCUT2D eigenvalue weighted by Gasteiger charge is 2.19. The van der Waals surface area contributed by atoms with Gasteiger partial charge in [0, 0.05) is 24.6 Å². The fourth-order valence-electron chi connectivity index (χ4n) is 1.45. The van der Waals surface area contributed by atoms with Crippen molar-refractivity contribution in [2.24, 2.45) is 0 Å². The van der Waals surface area contributed by atoms with E-state index in [0.717, 1.165) is 29.3 Å². The van der Waals surface area contributed by atoms with Gasteiger partial charge in [-0.05, 0) is 29.8 Å². The van der Waals surface area contributed by atoms with Gasteiger partial charge in [-0.15, -0.1) is 0 Å². The molecule has 0 radical (unpaired) electrons. The van der Waals surface area contributed by atoms with Crippen LogP contribution in [0.2, 0.25) is 0 Å². The third-order valence-corrected chi connectivity index (χ3v) is 2.85. The summed E-state index contributed by atoms with van der Waals surface area (Å²) in [6.07, 6.45) is 0. The topological polar surface area (TPSA) is 29.0 Å². The molecule has 0 N–H and O–H groups in total. The summed E-state index contributed by atoms with van der Waals surface area (Å²) in [4.78, 5) is 11.3. The van der Waals surface area contributed by atoms with Crippen LogP contribution in [0.25, 0.3) is 0 Å². The van der Waals surface area contributed by atoms with Crippen molar-refractivity contribution in [3.63, 3.8) is 0 Å². The van der Waals surface area contributed by atoms with Crippen LogP contribution in [-0.2, 0) is 5.41 Å². The molecule has 3 nitrogen and oxygen atoms in total. The molecule has 0 aliphatic heterocycles. The fraction of sp³-hybridized carbons (Fsp3) is 0.667. The van der Waals surface area contributed by atoms with Crippen molar-refractivity contribution in [3.05, 3.63) is 16.5 Å². The van der Waals surface area contributed by atoms with E-state index < -0.39 is 0 Å². The van der Waals surface area contributed by atoms with Gasteiger partial charge in [-0.2, -0.15) is 0 Å². The van der Waals surface area contributed by atoms with Crippen LogP contribution in [0.4, 0.5) is 5.82 Å². The maximum Gasteiger partial charge on any atom is 0.137 e. The molecule has 1 aromatic rings. The van der Waals surface area contributed by atoms with Crippen molar-refractivity contribution >= 4 is 21.7 Å². The van der Waals surface area contributed by atoms with Crippen molar-refractivity contribution in [2.45, 2.75) is 40.0 Å². The van der Waals surface area contributed by atoms with Gasteiger partial charge >= 0.3 is 0 Å². The second kappa shape index (κ2) is 5.13. The van der Waals surface area contributed by atoms with Gasteiger partial charge in [0.1, 0.15) is 16.2 Å². The monoisotopic (exact) mass is 285 g/mol. The van der Waals surface area contributed by atoms with Crippen molar-refractivity contribution in [1.29, 1.82) is 0 Å². The highest BCUT2D eigenvalue weighted by atomic mass is 79.9. The van der Waals surface area contributed by atoms with Gasteiger partial charge in [0.15, 0.2) is 0 Å². The minimum Gasteiger partial charge on any atom is -0.357 e. The Labute approximate surface area is 106 Å². The Hall–Kier alpha value is -0.640. The van der Waals surface area contributed by atoms with Crippen molar-refractivity contribution < 1.29 is 0 Å². The summed E-state index contributed by atoms with van der Waals surface area (Å²) >= 11 is 3.45. The molecule has 16 heavy (non-hydrogen) atoms. The van der Waals surface area contributed by atoms with Crippen LogP contribution in [0, 0.1) is 0 Å². The average molecular weight is 286 g/mol. The summed E-state index contributed by atoms with van der Waals surface area (Å²) in [5.41, 5.74) is -0.0221. The molecule has 1 heterocycles. The van der Waals surface area contributed by atoms with Crippen LogP contribution < -0.4 is 4.90 Å². The van der Waals surface area contributed by atoms with Crippen LogP contribution in [0.1, 0.15) is 40.4 Å². The Morgan fingerprint density at radius 2 is 1.75 bits per heavy atom. The van der Waals surface area contributed by atoms with Gasteiger partial charge in [-0.3, -0.25) is 0 Å². The van der Waals surface area contributed by atoms with Crippen LogP contribution >= 0.6 is 15.9 Å². The summed E-state index contributed by atoms with van der Waals surface area (Å²) in [5.74, 6) is 1.88. The summed E-state index contributed by atoms with van der Waals surface area (Å²) in [5, 5.41) is 0. The Morgan fingerprint density at radius 3 is 2.19 bits per heavy atom. The number of halogens is 1. The lowest BCUT2D eigenvalue weighted by atomic mass is 9.96. The molecular formula is C12H20BrN3. The minimum atomic E-state index is -0.0221. The van der Waals surface area contributed by atoms with E-state index in [1.54, 1.807) is 0 Å². The number of anilines is 1. The highest BCUT2D eigenvalue weighted by Crippen LogP contribution is 2.24. The zero-order chi connectivity index (χ0) is 12.3. The quantitative estimate of drug-likeness (QED) is 0.798. The van der Waals surface area contributed by atoms with E-state index in [0.29, 0.717) is 0 Å². The van der Waals surface area contributed by atoms with E-state index in [1.807, 2.05) is 6.07 Å². The smallest absolute Gasteiger partial charge is 0.137 e. The average Bonchev–Trinajstić information content (AvgIpc) is 2.17. The van der Waals surface area contributed by atoms with Crippen molar-refractivity contribution in [2.75, 3.05) is 18.0 Å². The van der Waals surface area contributed by atoms with E-state index >= 15 is 0 Å². The van der Waals surface area contributed by atoms with E-state index in [9.17, 15) is 0 Å². The second-order valence-corrected chi connectivity index (χ2v) is 5.61. The second-order valence-electron chi connectivity index (χ2n) is 4.79. The molecule has 0 saturated carbocycles. The van der Waals surface area contributed by atoms with Crippen LogP contribution in [0.15, 0.2) is 10.7 Å². The molecule has 90 valence electrons. The number of hydrogen-bond acceptors (Lipinski definition) is 3. The molecule has 0 amide bonds. The maximum absolute atomic E-state index is 4.63. The molecule has 0 atom stereocenters. The molecule has 1 rings (SSSR count). The predicted molar refractivity (Wildman–Crippen MR) is 72.0 cm³/mol. The van der Waals surface area contributed by atoms with Gasteiger partial charge in [-0.25, -0.2) is 9.97 Å². The lowest BCUT2D eigenvalue weighted by Crippen LogP contribution is -2.25. The zero-order valence-corrected chi connectivity index (χ0v) is 12.3. The SMILES string of the molecule is CCN(CC)c1cc(Br)nc(C(C)(C)C)n1. The Balaban J connectivity index is 3.17. The standard InChI is InChI=1S/C12H20BrN3/c1-6-16(7-2)10-8-9(13)14-11(15-10)12(3,4)5/h8H,6-7H2,1-5H3. The number of aromatic nitrogens is 2. The molecule has 1 aromatic heterocycles. The first-order valence-electron chi connectivity index (χ1n) is 5.68. The number of rotatable bonds is 3. The normalized spacial score (nSPS) is 11.6. The third-order valence-electron chi connectivity index (χ3n) is 2.44. The van der Waals surface area contributed by atoms with E-state index in [4.69, 9.17) is 0 Å². The van der Waals surface area contributed by atoms with Crippen LogP contribution in [-0.4, -0.2) is 23.1 Å². The molecule has 0 bridgehead atoms. The number of nitrogens with zero attached hydrogens (tertiary/aromatic N) is 3. The number of hydrogen-bond donors (Lipinski definition) is 0. The highest BCUT2D eigenvalue weighted by molar-refractivity contribution is 9.10. The lowest BCUT2D eigenvalue weighted by molar-refractivity contribution is 0.542. The van der Waals surface area contributed by atoms with Gasteiger partial charge in [0.05, 0.1) is 0 Å². The minimum absolute atomic E-state index is 0.0221. The first kappa shape index (κ1) is 13.4.